The van der Waals surface area contributed by atoms with Crippen LogP contribution in [0.4, 0.5) is 0 Å². The summed E-state index contributed by atoms with van der Waals surface area (Å²) in [5, 5.41) is 4.39. The second kappa shape index (κ2) is 9.29. The summed E-state index contributed by atoms with van der Waals surface area (Å²) in [6, 6.07) is 0. The maximum Gasteiger partial charge on any atom is 0.184 e. The lowest BCUT2D eigenvalue weighted by atomic mass is 9.44. The molecule has 0 aromatic rings. The van der Waals surface area contributed by atoms with Crippen molar-refractivity contribution in [3.63, 3.8) is 0 Å². The van der Waals surface area contributed by atoms with E-state index in [-0.39, 0.29) is 0 Å². The fourth-order valence-electron chi connectivity index (χ4n) is 9.37. The normalized spacial score (nSPS) is 44.8. The van der Waals surface area contributed by atoms with E-state index in [1.165, 1.54) is 44.2 Å². The van der Waals surface area contributed by atoms with E-state index in [0.717, 1.165) is 30.6 Å². The molecule has 0 radical (unpaired) electrons. The van der Waals surface area contributed by atoms with Crippen molar-refractivity contribution < 1.29 is 13.7 Å². The minimum absolute atomic E-state index is 0.338. The molecule has 0 amide bonds. The smallest absolute Gasteiger partial charge is 0.184 e. The van der Waals surface area contributed by atoms with Gasteiger partial charge in [0.15, 0.2) is 16.6 Å². The molecule has 0 aromatic carbocycles. The number of rotatable bonds is 6. The Morgan fingerprint density at radius 2 is 1.65 bits per heavy atom. The van der Waals surface area contributed by atoms with Gasteiger partial charge in [-0.1, -0.05) is 19.0 Å². The summed E-state index contributed by atoms with van der Waals surface area (Å²) in [5.74, 6) is 3.69. The van der Waals surface area contributed by atoms with Gasteiger partial charge in [0, 0.05) is 12.2 Å². The zero-order chi connectivity index (χ0) is 25.1. The molecular weight excluding hydrogens is 454 g/mol. The van der Waals surface area contributed by atoms with Gasteiger partial charge in [-0.15, -0.1) is 0 Å². The van der Waals surface area contributed by atoms with Crippen LogP contribution in [0.5, 0.6) is 0 Å². The van der Waals surface area contributed by atoms with Gasteiger partial charge in [0.1, 0.15) is 7.11 Å². The van der Waals surface area contributed by atoms with Crippen LogP contribution in [-0.4, -0.2) is 41.7 Å². The van der Waals surface area contributed by atoms with E-state index in [1.54, 1.807) is 7.11 Å². The van der Waals surface area contributed by atoms with Gasteiger partial charge < -0.3 is 13.7 Å². The Hall–Kier alpha value is -0.176. The predicted molar refractivity (Wildman–Crippen MR) is 147 cm³/mol. The van der Waals surface area contributed by atoms with Gasteiger partial charge in [0.2, 0.25) is 0 Å². The lowest BCUT2D eigenvalue weighted by Crippen LogP contribution is -2.61. The molecule has 4 aliphatic rings. The summed E-state index contributed by atoms with van der Waals surface area (Å²) < 4.78 is 13.9. The largest absolute Gasteiger partial charge is 0.415 e. The highest BCUT2D eigenvalue weighted by atomic mass is 28.4. The topological polar surface area (TPSA) is 40.0 Å². The van der Waals surface area contributed by atoms with Crippen molar-refractivity contribution in [3.8, 4) is 0 Å². The second-order valence-corrected chi connectivity index (χ2v) is 23.6. The van der Waals surface area contributed by atoms with Gasteiger partial charge in [-0.2, -0.15) is 0 Å². The summed E-state index contributed by atoms with van der Waals surface area (Å²) in [5.41, 5.74) is 1.98. The number of hydrogen-bond donors (Lipinski definition) is 0. The van der Waals surface area contributed by atoms with E-state index in [4.69, 9.17) is 13.7 Å². The summed E-state index contributed by atoms with van der Waals surface area (Å²) in [7, 11) is -1.54. The number of nitrogens with zero attached hydrogens (tertiary/aromatic N) is 1. The van der Waals surface area contributed by atoms with Crippen molar-refractivity contribution in [2.45, 2.75) is 124 Å². The maximum atomic E-state index is 7.19. The summed E-state index contributed by atoms with van der Waals surface area (Å²) >= 11 is 0. The van der Waals surface area contributed by atoms with E-state index < -0.39 is 16.6 Å². The van der Waals surface area contributed by atoms with Crippen molar-refractivity contribution in [1.29, 1.82) is 0 Å². The Morgan fingerprint density at radius 1 is 0.941 bits per heavy atom. The van der Waals surface area contributed by atoms with Crippen LogP contribution in [-0.2, 0) is 13.7 Å². The zero-order valence-corrected chi connectivity index (χ0v) is 25.9. The Labute approximate surface area is 212 Å². The number of fused-ring (bicyclic) bond motifs is 5. The SMILES string of the molecule is CON=C1CC[C@]2(C)C3C(CC[C@@H]2C1)C1CC[C@H]([C@H](C)O[Si](C)(C)C)[C@@]1(C)C[C@@H]3O[Si](C)(C)C. The molecule has 0 bridgehead atoms. The van der Waals surface area contributed by atoms with Gasteiger partial charge in [0.05, 0.1) is 5.71 Å². The van der Waals surface area contributed by atoms with Crippen LogP contribution in [0.25, 0.3) is 0 Å². The van der Waals surface area contributed by atoms with Crippen molar-refractivity contribution in [2.75, 3.05) is 7.11 Å². The van der Waals surface area contributed by atoms with Crippen LogP contribution in [0.3, 0.4) is 0 Å². The molecule has 6 heteroatoms. The molecule has 4 rings (SSSR count). The van der Waals surface area contributed by atoms with E-state index >= 15 is 0 Å². The minimum Gasteiger partial charge on any atom is -0.415 e. The molecule has 4 saturated carbocycles. The van der Waals surface area contributed by atoms with Crippen LogP contribution in [0.1, 0.15) is 72.1 Å². The zero-order valence-electron chi connectivity index (χ0n) is 23.9. The van der Waals surface area contributed by atoms with Gasteiger partial charge in [0.25, 0.3) is 0 Å². The first-order valence-corrected chi connectivity index (χ1v) is 20.9. The molecule has 0 aliphatic heterocycles. The van der Waals surface area contributed by atoms with Crippen molar-refractivity contribution in [3.05, 3.63) is 0 Å². The molecule has 9 atom stereocenters. The molecule has 4 nitrogen and oxygen atoms in total. The molecule has 4 fully saturated rings. The lowest BCUT2D eigenvalue weighted by Gasteiger charge is -2.63. The molecule has 0 heterocycles. The summed E-state index contributed by atoms with van der Waals surface area (Å²) in [6.45, 7) is 21.9. The van der Waals surface area contributed by atoms with Crippen molar-refractivity contribution >= 4 is 22.3 Å². The van der Waals surface area contributed by atoms with Gasteiger partial charge in [-0.3, -0.25) is 0 Å². The Morgan fingerprint density at radius 3 is 2.26 bits per heavy atom. The van der Waals surface area contributed by atoms with E-state index in [1.807, 2.05) is 0 Å². The Kier molecular flexibility index (Phi) is 7.34. The highest BCUT2D eigenvalue weighted by molar-refractivity contribution is 6.70. The second-order valence-electron chi connectivity index (χ2n) is 14.7. The monoisotopic (exact) mass is 507 g/mol. The third-order valence-corrected chi connectivity index (χ3v) is 12.4. The molecule has 196 valence electrons. The standard InChI is InChI=1S/C28H53NO3Si2/c1-19(31-33(5,6)7)23-13-14-24-22-12-11-20-17-21(29-30-4)15-16-27(20,2)26(22)25(18-28(23,24)3)32-34(8,9)10/h19-20,22-26H,11-18H2,1-10H3/t19-,20+,22?,23+,24?,25-,26?,27-,28+/m0/s1. The minimum atomic E-state index is -1.67. The van der Waals surface area contributed by atoms with Gasteiger partial charge in [-0.25, -0.2) is 0 Å². The molecule has 0 aromatic heterocycles. The number of oxime groups is 1. The van der Waals surface area contributed by atoms with E-state index in [0.29, 0.717) is 34.9 Å². The quantitative estimate of drug-likeness (QED) is 0.273. The van der Waals surface area contributed by atoms with Crippen molar-refractivity contribution in [1.82, 2.24) is 0 Å². The first-order valence-electron chi connectivity index (χ1n) is 14.1. The third-order valence-electron chi connectivity index (χ3n) is 10.3. The van der Waals surface area contributed by atoms with Gasteiger partial charge in [-0.05, 0) is 138 Å². The van der Waals surface area contributed by atoms with Crippen LogP contribution in [0, 0.1) is 40.4 Å². The van der Waals surface area contributed by atoms with E-state index in [2.05, 4.69) is 65.2 Å². The highest BCUT2D eigenvalue weighted by Gasteiger charge is 2.64. The summed E-state index contributed by atoms with van der Waals surface area (Å²) in [4.78, 5) is 5.19. The Bertz CT molecular complexity index is 775. The molecular formula is C28H53NO3Si2. The van der Waals surface area contributed by atoms with Gasteiger partial charge >= 0.3 is 0 Å². The molecule has 0 spiro atoms. The van der Waals surface area contributed by atoms with Crippen LogP contribution >= 0.6 is 0 Å². The first-order chi connectivity index (χ1) is 15.7. The molecule has 0 saturated heterocycles. The van der Waals surface area contributed by atoms with Crippen molar-refractivity contribution in [2.24, 2.45) is 45.6 Å². The molecule has 34 heavy (non-hydrogen) atoms. The molecule has 3 unspecified atom stereocenters. The van der Waals surface area contributed by atoms with Crippen LogP contribution in [0.2, 0.25) is 39.3 Å². The molecule has 0 N–H and O–H groups in total. The maximum absolute atomic E-state index is 7.19. The number of hydrogen-bond acceptors (Lipinski definition) is 4. The van der Waals surface area contributed by atoms with Crippen LogP contribution < -0.4 is 0 Å². The fourth-order valence-corrected chi connectivity index (χ4v) is 11.8. The van der Waals surface area contributed by atoms with Crippen LogP contribution in [0.15, 0.2) is 5.16 Å². The highest BCUT2D eigenvalue weighted by Crippen LogP contribution is 2.68. The molecule has 4 aliphatic carbocycles. The fraction of sp³-hybridized carbons (Fsp3) is 0.964. The van der Waals surface area contributed by atoms with E-state index in [9.17, 15) is 0 Å². The predicted octanol–water partition coefficient (Wildman–Crippen LogP) is 7.72. The summed E-state index contributed by atoms with van der Waals surface area (Å²) in [6.07, 6.45) is 10.9. The average Bonchev–Trinajstić information content (AvgIpc) is 3.02. The Balaban J connectivity index is 1.67. The average molecular weight is 508 g/mol. The third kappa shape index (κ3) is 4.99. The lowest BCUT2D eigenvalue weighted by molar-refractivity contribution is -0.162. The first kappa shape index (κ1) is 26.9.